The van der Waals surface area contributed by atoms with Gasteiger partial charge in [0.2, 0.25) is 20.0 Å². The Morgan fingerprint density at radius 2 is 1.91 bits per heavy atom. The first-order chi connectivity index (χ1) is 10.2. The van der Waals surface area contributed by atoms with E-state index in [4.69, 9.17) is 11.6 Å². The largest absolute Gasteiger partial charge is 0.269 e. The average Bonchev–Trinajstić information content (AvgIpc) is 2.40. The fraction of sp³-hybridized carbons (Fsp3) is 0.538. The summed E-state index contributed by atoms with van der Waals surface area (Å²) in [7, 11) is -6.90. The number of hydrogen-bond donors (Lipinski definition) is 1. The third-order valence-electron chi connectivity index (χ3n) is 2.90. The van der Waals surface area contributed by atoms with Crippen LogP contribution in [0.15, 0.2) is 24.3 Å². The van der Waals surface area contributed by atoms with Crippen LogP contribution in [0.2, 0.25) is 5.02 Å². The zero-order chi connectivity index (χ0) is 16.8. The van der Waals surface area contributed by atoms with Crippen molar-refractivity contribution in [2.45, 2.75) is 19.8 Å². The smallest absolute Gasteiger partial charge is 0.232 e. The average molecular weight is 369 g/mol. The van der Waals surface area contributed by atoms with Crippen molar-refractivity contribution >= 4 is 37.3 Å². The highest BCUT2D eigenvalue weighted by Gasteiger charge is 2.18. The standard InChI is InChI=1S/C13H21ClN2O4S2/c1-3-4-10-22(19,20)15-8-9-16(21(2,17)18)13-7-5-6-12(14)11-13/h5-7,11,15H,3-4,8-10H2,1-2H3. The first-order valence-corrected chi connectivity index (χ1v) is 10.7. The minimum atomic E-state index is -3.53. The van der Waals surface area contributed by atoms with Crippen molar-refractivity contribution < 1.29 is 16.8 Å². The molecule has 9 heteroatoms. The lowest BCUT2D eigenvalue weighted by atomic mass is 10.3. The number of rotatable bonds is 9. The molecule has 0 aliphatic rings. The highest BCUT2D eigenvalue weighted by atomic mass is 35.5. The van der Waals surface area contributed by atoms with Crippen LogP contribution < -0.4 is 9.03 Å². The molecule has 6 nitrogen and oxygen atoms in total. The molecule has 0 aromatic heterocycles. The van der Waals surface area contributed by atoms with Crippen LogP contribution in [-0.4, -0.2) is 41.9 Å². The number of halogens is 1. The maximum absolute atomic E-state index is 11.9. The van der Waals surface area contributed by atoms with E-state index >= 15 is 0 Å². The van der Waals surface area contributed by atoms with Gasteiger partial charge in [-0.25, -0.2) is 21.6 Å². The Hall–Kier alpha value is -0.830. The number of sulfonamides is 2. The van der Waals surface area contributed by atoms with Crippen LogP contribution in [0.25, 0.3) is 0 Å². The second kappa shape index (κ2) is 8.14. The lowest BCUT2D eigenvalue weighted by Crippen LogP contribution is -2.38. The zero-order valence-electron chi connectivity index (χ0n) is 12.6. The maximum atomic E-state index is 11.9. The van der Waals surface area contributed by atoms with Crippen LogP contribution in [-0.2, 0) is 20.0 Å². The lowest BCUT2D eigenvalue weighted by Gasteiger charge is -2.22. The van der Waals surface area contributed by atoms with Gasteiger partial charge < -0.3 is 0 Å². The molecule has 0 unspecified atom stereocenters. The molecule has 0 saturated carbocycles. The Bertz CT molecular complexity index is 690. The summed E-state index contributed by atoms with van der Waals surface area (Å²) in [5.74, 6) is 0.0412. The predicted molar refractivity (Wildman–Crippen MR) is 90.3 cm³/mol. The van der Waals surface area contributed by atoms with E-state index in [2.05, 4.69) is 4.72 Å². The number of anilines is 1. The molecule has 0 bridgehead atoms. The Kier molecular flexibility index (Phi) is 7.11. The van der Waals surface area contributed by atoms with Crippen LogP contribution in [0.3, 0.4) is 0 Å². The van der Waals surface area contributed by atoms with Gasteiger partial charge in [-0.2, -0.15) is 0 Å². The maximum Gasteiger partial charge on any atom is 0.232 e. The number of benzene rings is 1. The summed E-state index contributed by atoms with van der Waals surface area (Å²) in [6.45, 7) is 1.91. The zero-order valence-corrected chi connectivity index (χ0v) is 15.0. The molecule has 0 radical (unpaired) electrons. The first kappa shape index (κ1) is 19.2. The Morgan fingerprint density at radius 3 is 2.45 bits per heavy atom. The molecular formula is C13H21ClN2O4S2. The minimum Gasteiger partial charge on any atom is -0.269 e. The van der Waals surface area contributed by atoms with E-state index in [1.54, 1.807) is 18.2 Å². The van der Waals surface area contributed by atoms with Crippen molar-refractivity contribution in [3.8, 4) is 0 Å². The molecule has 0 aliphatic heterocycles. The van der Waals surface area contributed by atoms with Gasteiger partial charge in [-0.15, -0.1) is 0 Å². The third kappa shape index (κ3) is 6.51. The highest BCUT2D eigenvalue weighted by molar-refractivity contribution is 7.92. The molecule has 0 fully saturated rings. The van der Waals surface area contributed by atoms with E-state index in [9.17, 15) is 16.8 Å². The summed E-state index contributed by atoms with van der Waals surface area (Å²) in [4.78, 5) is 0. The molecule has 0 heterocycles. The van der Waals surface area contributed by atoms with E-state index in [0.29, 0.717) is 17.1 Å². The van der Waals surface area contributed by atoms with Gasteiger partial charge in [0, 0.05) is 18.1 Å². The molecule has 0 atom stereocenters. The van der Waals surface area contributed by atoms with E-state index in [-0.39, 0.29) is 18.8 Å². The van der Waals surface area contributed by atoms with Gasteiger partial charge >= 0.3 is 0 Å². The summed E-state index contributed by atoms with van der Waals surface area (Å²) in [5, 5.41) is 0.412. The summed E-state index contributed by atoms with van der Waals surface area (Å²) >= 11 is 5.87. The van der Waals surface area contributed by atoms with E-state index in [1.807, 2.05) is 6.92 Å². The molecule has 1 aromatic carbocycles. The van der Waals surface area contributed by atoms with Crippen LogP contribution >= 0.6 is 11.6 Å². The second-order valence-electron chi connectivity index (χ2n) is 4.88. The predicted octanol–water partition coefficient (Wildman–Crippen LogP) is 1.83. The van der Waals surface area contributed by atoms with Gasteiger partial charge in [-0.1, -0.05) is 31.0 Å². The number of nitrogens with zero attached hydrogens (tertiary/aromatic N) is 1. The van der Waals surface area contributed by atoms with Crippen molar-refractivity contribution in [1.29, 1.82) is 0 Å². The number of hydrogen-bond acceptors (Lipinski definition) is 4. The van der Waals surface area contributed by atoms with Crippen molar-refractivity contribution in [3.63, 3.8) is 0 Å². The quantitative estimate of drug-likeness (QED) is 0.720. The van der Waals surface area contributed by atoms with Crippen LogP contribution in [0.1, 0.15) is 19.8 Å². The molecule has 0 amide bonds. The molecule has 1 aromatic rings. The third-order valence-corrected chi connectivity index (χ3v) is 5.80. The van der Waals surface area contributed by atoms with E-state index in [1.165, 1.54) is 6.07 Å². The van der Waals surface area contributed by atoms with Crippen LogP contribution in [0.4, 0.5) is 5.69 Å². The van der Waals surface area contributed by atoms with Crippen LogP contribution in [0, 0.1) is 0 Å². The molecule has 1 rings (SSSR count). The molecule has 22 heavy (non-hydrogen) atoms. The van der Waals surface area contributed by atoms with Crippen LogP contribution in [0.5, 0.6) is 0 Å². The molecule has 1 N–H and O–H groups in total. The fourth-order valence-corrected chi connectivity index (χ4v) is 4.15. The van der Waals surface area contributed by atoms with Gasteiger partial charge in [0.1, 0.15) is 0 Å². The lowest BCUT2D eigenvalue weighted by molar-refractivity contribution is 0.575. The van der Waals surface area contributed by atoms with E-state index < -0.39 is 20.0 Å². The Balaban J connectivity index is 2.77. The van der Waals surface area contributed by atoms with Gasteiger partial charge in [0.15, 0.2) is 0 Å². The minimum absolute atomic E-state index is 0.00449. The first-order valence-electron chi connectivity index (χ1n) is 6.86. The summed E-state index contributed by atoms with van der Waals surface area (Å²) < 4.78 is 50.7. The van der Waals surface area contributed by atoms with Gasteiger partial charge in [0.05, 0.1) is 17.7 Å². The molecule has 126 valence electrons. The van der Waals surface area contributed by atoms with Crippen molar-refractivity contribution in [2.24, 2.45) is 0 Å². The second-order valence-corrected chi connectivity index (χ2v) is 9.15. The number of unbranched alkanes of at least 4 members (excludes halogenated alkanes) is 1. The molecule has 0 spiro atoms. The highest BCUT2D eigenvalue weighted by Crippen LogP contribution is 2.21. The van der Waals surface area contributed by atoms with Gasteiger partial charge in [-0.05, 0) is 24.6 Å². The SMILES string of the molecule is CCCCS(=O)(=O)NCCN(c1cccc(Cl)c1)S(C)(=O)=O. The normalized spacial score (nSPS) is 12.3. The Labute approximate surface area is 137 Å². The Morgan fingerprint density at radius 1 is 1.23 bits per heavy atom. The monoisotopic (exact) mass is 368 g/mol. The van der Waals surface area contributed by atoms with Crippen molar-refractivity contribution in [1.82, 2.24) is 4.72 Å². The summed E-state index contributed by atoms with van der Waals surface area (Å²) in [6, 6.07) is 6.41. The number of nitrogens with one attached hydrogen (secondary N) is 1. The van der Waals surface area contributed by atoms with Gasteiger partial charge in [0.25, 0.3) is 0 Å². The molecule has 0 saturated heterocycles. The topological polar surface area (TPSA) is 83.6 Å². The van der Waals surface area contributed by atoms with Gasteiger partial charge in [-0.3, -0.25) is 4.31 Å². The van der Waals surface area contributed by atoms with E-state index in [0.717, 1.165) is 17.0 Å². The fourth-order valence-electron chi connectivity index (χ4n) is 1.83. The molecular weight excluding hydrogens is 348 g/mol. The summed E-state index contributed by atoms with van der Waals surface area (Å²) in [6.07, 6.45) is 2.41. The molecule has 0 aliphatic carbocycles. The van der Waals surface area contributed by atoms with Crippen molar-refractivity contribution in [2.75, 3.05) is 29.4 Å². The summed E-state index contributed by atoms with van der Waals surface area (Å²) in [5.41, 5.74) is 0.405. The van der Waals surface area contributed by atoms with Crippen molar-refractivity contribution in [3.05, 3.63) is 29.3 Å².